The van der Waals surface area contributed by atoms with Gasteiger partial charge in [-0.15, -0.1) is 0 Å². The van der Waals surface area contributed by atoms with Gasteiger partial charge in [-0.1, -0.05) is 33.1 Å². The summed E-state index contributed by atoms with van der Waals surface area (Å²) in [6.07, 6.45) is 6.04. The third kappa shape index (κ3) is 7.55. The zero-order chi connectivity index (χ0) is 11.7. The largest absolute Gasteiger partial charge is 0.501 e. The SMILES string of the molecule is C=C/C=C/OCC(C)(C)COC(=O)C=C. The quantitative estimate of drug-likeness (QED) is 0.280. The van der Waals surface area contributed by atoms with Gasteiger partial charge in [-0.05, 0) is 6.08 Å². The van der Waals surface area contributed by atoms with Crippen LogP contribution in [0.15, 0.2) is 37.6 Å². The van der Waals surface area contributed by atoms with Crippen LogP contribution in [0, 0.1) is 5.41 Å². The van der Waals surface area contributed by atoms with Crippen molar-refractivity contribution in [2.75, 3.05) is 13.2 Å². The monoisotopic (exact) mass is 210 g/mol. The summed E-state index contributed by atoms with van der Waals surface area (Å²) in [5.74, 6) is -0.412. The summed E-state index contributed by atoms with van der Waals surface area (Å²) in [5.41, 5.74) is -0.218. The standard InChI is InChI=1S/C12H18O3/c1-5-7-8-14-9-12(3,4)10-15-11(13)6-2/h5-8H,1-2,9-10H2,3-4H3/b8-7+. The molecule has 0 rings (SSSR count). The summed E-state index contributed by atoms with van der Waals surface area (Å²) in [7, 11) is 0. The maximum Gasteiger partial charge on any atom is 0.330 e. The summed E-state index contributed by atoms with van der Waals surface area (Å²) in [5, 5.41) is 0. The molecule has 0 saturated carbocycles. The Morgan fingerprint density at radius 2 is 2.00 bits per heavy atom. The lowest BCUT2D eigenvalue weighted by Gasteiger charge is -2.22. The van der Waals surface area contributed by atoms with Crippen LogP contribution >= 0.6 is 0 Å². The van der Waals surface area contributed by atoms with Crippen LogP contribution in [0.1, 0.15) is 13.8 Å². The Morgan fingerprint density at radius 1 is 1.33 bits per heavy atom. The molecule has 3 nitrogen and oxygen atoms in total. The van der Waals surface area contributed by atoms with E-state index in [2.05, 4.69) is 13.2 Å². The van der Waals surface area contributed by atoms with Gasteiger partial charge in [0.2, 0.25) is 0 Å². The van der Waals surface area contributed by atoms with Crippen molar-refractivity contribution >= 4 is 5.97 Å². The van der Waals surface area contributed by atoms with Crippen molar-refractivity contribution in [1.29, 1.82) is 0 Å². The molecule has 15 heavy (non-hydrogen) atoms. The predicted molar refractivity (Wildman–Crippen MR) is 60.2 cm³/mol. The molecule has 0 unspecified atom stereocenters. The van der Waals surface area contributed by atoms with Gasteiger partial charge in [0.15, 0.2) is 0 Å². The molecule has 0 aliphatic carbocycles. The van der Waals surface area contributed by atoms with Gasteiger partial charge < -0.3 is 9.47 Å². The molecule has 0 radical (unpaired) electrons. The first-order valence-electron chi connectivity index (χ1n) is 4.70. The fourth-order valence-electron chi connectivity index (χ4n) is 0.752. The molecule has 84 valence electrons. The molecule has 0 spiro atoms. The van der Waals surface area contributed by atoms with E-state index >= 15 is 0 Å². The lowest BCUT2D eigenvalue weighted by molar-refractivity contribution is -0.141. The molecule has 0 aromatic heterocycles. The van der Waals surface area contributed by atoms with Crippen LogP contribution in [-0.2, 0) is 14.3 Å². The van der Waals surface area contributed by atoms with Gasteiger partial charge in [0.25, 0.3) is 0 Å². The predicted octanol–water partition coefficient (Wildman–Crippen LogP) is 2.46. The second-order valence-corrected chi connectivity index (χ2v) is 3.85. The highest BCUT2D eigenvalue weighted by Crippen LogP contribution is 2.16. The van der Waals surface area contributed by atoms with Crippen molar-refractivity contribution in [3.63, 3.8) is 0 Å². The van der Waals surface area contributed by atoms with Gasteiger partial charge in [-0.3, -0.25) is 0 Å². The molecule has 3 heteroatoms. The second-order valence-electron chi connectivity index (χ2n) is 3.85. The minimum atomic E-state index is -0.412. The van der Waals surface area contributed by atoms with Crippen molar-refractivity contribution in [2.45, 2.75) is 13.8 Å². The fraction of sp³-hybridized carbons (Fsp3) is 0.417. The third-order valence-corrected chi connectivity index (χ3v) is 1.56. The van der Waals surface area contributed by atoms with E-state index < -0.39 is 5.97 Å². The fourth-order valence-corrected chi connectivity index (χ4v) is 0.752. The minimum absolute atomic E-state index is 0.218. The van der Waals surface area contributed by atoms with E-state index in [1.807, 2.05) is 13.8 Å². The first-order valence-corrected chi connectivity index (χ1v) is 4.70. The van der Waals surface area contributed by atoms with Gasteiger partial charge in [0, 0.05) is 11.5 Å². The Hall–Kier alpha value is -1.51. The number of allylic oxidation sites excluding steroid dienone is 2. The maximum absolute atomic E-state index is 10.8. The molecule has 0 aliphatic rings. The van der Waals surface area contributed by atoms with Gasteiger partial charge in [-0.2, -0.15) is 0 Å². The molecule has 0 heterocycles. The number of carbonyl (C=O) groups is 1. The van der Waals surface area contributed by atoms with Crippen LogP contribution in [-0.4, -0.2) is 19.2 Å². The summed E-state index contributed by atoms with van der Waals surface area (Å²) < 4.78 is 10.2. The topological polar surface area (TPSA) is 35.5 Å². The number of hydrogen-bond acceptors (Lipinski definition) is 3. The van der Waals surface area contributed by atoms with E-state index in [1.54, 1.807) is 18.4 Å². The zero-order valence-electron chi connectivity index (χ0n) is 9.36. The molecule has 0 aliphatic heterocycles. The Balaban J connectivity index is 3.85. The van der Waals surface area contributed by atoms with E-state index in [0.717, 1.165) is 6.08 Å². The first kappa shape index (κ1) is 13.5. The molecule has 0 bridgehead atoms. The van der Waals surface area contributed by atoms with E-state index in [0.29, 0.717) is 13.2 Å². The van der Waals surface area contributed by atoms with Gasteiger partial charge in [-0.25, -0.2) is 4.79 Å². The van der Waals surface area contributed by atoms with Gasteiger partial charge >= 0.3 is 5.97 Å². The van der Waals surface area contributed by atoms with E-state index in [4.69, 9.17) is 9.47 Å². The number of ether oxygens (including phenoxy) is 2. The number of hydrogen-bond donors (Lipinski definition) is 0. The van der Waals surface area contributed by atoms with Crippen molar-refractivity contribution in [3.05, 3.63) is 37.6 Å². The summed E-state index contributed by atoms with van der Waals surface area (Å²) in [6.45, 7) is 11.5. The van der Waals surface area contributed by atoms with Crippen LogP contribution in [0.25, 0.3) is 0 Å². The van der Waals surface area contributed by atoms with Crippen molar-refractivity contribution in [2.24, 2.45) is 5.41 Å². The lowest BCUT2D eigenvalue weighted by atomic mass is 9.96. The molecule has 0 saturated heterocycles. The van der Waals surface area contributed by atoms with E-state index in [-0.39, 0.29) is 5.41 Å². The molecule has 0 aromatic rings. The second kappa shape index (κ2) is 6.87. The lowest BCUT2D eigenvalue weighted by Crippen LogP contribution is -2.25. The highest BCUT2D eigenvalue weighted by molar-refractivity contribution is 5.81. The highest BCUT2D eigenvalue weighted by Gasteiger charge is 2.20. The Morgan fingerprint density at radius 3 is 2.53 bits per heavy atom. The van der Waals surface area contributed by atoms with Gasteiger partial charge in [0.1, 0.15) is 0 Å². The molecular formula is C12H18O3. The normalized spacial score (nSPS) is 11.1. The number of carbonyl (C=O) groups excluding carboxylic acids is 1. The smallest absolute Gasteiger partial charge is 0.330 e. The first-order chi connectivity index (χ1) is 7.02. The van der Waals surface area contributed by atoms with Gasteiger partial charge in [0.05, 0.1) is 19.5 Å². The number of esters is 1. The molecule has 0 amide bonds. The van der Waals surface area contributed by atoms with E-state index in [1.165, 1.54) is 0 Å². The van der Waals surface area contributed by atoms with Crippen LogP contribution in [0.5, 0.6) is 0 Å². The molecule has 0 N–H and O–H groups in total. The summed E-state index contributed by atoms with van der Waals surface area (Å²) in [6, 6.07) is 0. The molecular weight excluding hydrogens is 192 g/mol. The van der Waals surface area contributed by atoms with Crippen LogP contribution < -0.4 is 0 Å². The molecule has 0 atom stereocenters. The Bertz CT molecular complexity index is 252. The zero-order valence-corrected chi connectivity index (χ0v) is 9.36. The van der Waals surface area contributed by atoms with Crippen molar-refractivity contribution in [3.8, 4) is 0 Å². The third-order valence-electron chi connectivity index (χ3n) is 1.56. The highest BCUT2D eigenvalue weighted by atomic mass is 16.5. The number of rotatable bonds is 7. The van der Waals surface area contributed by atoms with Crippen molar-refractivity contribution in [1.82, 2.24) is 0 Å². The van der Waals surface area contributed by atoms with Crippen LogP contribution in [0.3, 0.4) is 0 Å². The average Bonchev–Trinajstić information content (AvgIpc) is 2.21. The molecule has 0 fully saturated rings. The molecule has 0 aromatic carbocycles. The van der Waals surface area contributed by atoms with Crippen LogP contribution in [0.4, 0.5) is 0 Å². The maximum atomic E-state index is 10.8. The van der Waals surface area contributed by atoms with E-state index in [9.17, 15) is 4.79 Å². The summed E-state index contributed by atoms with van der Waals surface area (Å²) >= 11 is 0. The Labute approximate surface area is 91.1 Å². The Kier molecular flexibility index (Phi) is 6.18. The van der Waals surface area contributed by atoms with Crippen molar-refractivity contribution < 1.29 is 14.3 Å². The average molecular weight is 210 g/mol. The van der Waals surface area contributed by atoms with Crippen LogP contribution in [0.2, 0.25) is 0 Å². The summed E-state index contributed by atoms with van der Waals surface area (Å²) in [4.78, 5) is 10.8. The minimum Gasteiger partial charge on any atom is -0.501 e.